The van der Waals surface area contributed by atoms with Crippen LogP contribution < -0.4 is 9.64 Å². The standard InChI is InChI=1S/C23H29N3O4/c1-23(2,3)30-22(28)17-29-20-6-4-18(5-7-20)21(27)16-25-12-14-26(15-13-25)19-8-10-24-11-9-19/h4-11H,12-17H2,1-3H3. The normalized spacial score (nSPS) is 15.0. The Bertz CT molecular complexity index is 839. The molecule has 1 aromatic carbocycles. The minimum Gasteiger partial charge on any atom is -0.482 e. The van der Waals surface area contributed by atoms with Gasteiger partial charge in [-0.15, -0.1) is 0 Å². The Kier molecular flexibility index (Phi) is 7.05. The fourth-order valence-electron chi connectivity index (χ4n) is 3.26. The van der Waals surface area contributed by atoms with Crippen LogP contribution in [0.2, 0.25) is 0 Å². The van der Waals surface area contributed by atoms with Crippen molar-refractivity contribution < 1.29 is 19.1 Å². The van der Waals surface area contributed by atoms with Gasteiger partial charge in [-0.2, -0.15) is 0 Å². The number of carbonyl (C=O) groups excluding carboxylic acids is 2. The van der Waals surface area contributed by atoms with Gasteiger partial charge in [0, 0.05) is 49.8 Å². The summed E-state index contributed by atoms with van der Waals surface area (Å²) in [5.74, 6) is 0.183. The molecule has 1 aromatic heterocycles. The number of hydrogen-bond acceptors (Lipinski definition) is 7. The molecule has 2 heterocycles. The molecule has 0 unspecified atom stereocenters. The number of pyridine rings is 1. The number of aromatic nitrogens is 1. The van der Waals surface area contributed by atoms with Crippen molar-refractivity contribution in [3.05, 3.63) is 54.4 Å². The van der Waals surface area contributed by atoms with E-state index in [1.54, 1.807) is 36.7 Å². The molecule has 1 saturated heterocycles. The number of ketones is 1. The molecule has 1 aliphatic heterocycles. The first kappa shape index (κ1) is 21.8. The number of carbonyl (C=O) groups is 2. The Morgan fingerprint density at radius 3 is 2.20 bits per heavy atom. The fourth-order valence-corrected chi connectivity index (χ4v) is 3.26. The quantitative estimate of drug-likeness (QED) is 0.512. The lowest BCUT2D eigenvalue weighted by Gasteiger charge is -2.35. The number of rotatable bonds is 7. The van der Waals surface area contributed by atoms with Crippen LogP contribution in [0.25, 0.3) is 0 Å². The van der Waals surface area contributed by atoms with Gasteiger partial charge < -0.3 is 14.4 Å². The summed E-state index contributed by atoms with van der Waals surface area (Å²) >= 11 is 0. The largest absolute Gasteiger partial charge is 0.482 e. The Labute approximate surface area is 177 Å². The first-order valence-corrected chi connectivity index (χ1v) is 10.2. The van der Waals surface area contributed by atoms with Gasteiger partial charge in [0.1, 0.15) is 11.4 Å². The molecule has 0 aliphatic carbocycles. The monoisotopic (exact) mass is 411 g/mol. The van der Waals surface area contributed by atoms with Gasteiger partial charge in [-0.05, 0) is 57.2 Å². The lowest BCUT2D eigenvalue weighted by molar-refractivity contribution is -0.157. The summed E-state index contributed by atoms with van der Waals surface area (Å²) in [5, 5.41) is 0. The fraction of sp³-hybridized carbons (Fsp3) is 0.435. The zero-order chi connectivity index (χ0) is 21.6. The van der Waals surface area contributed by atoms with Crippen molar-refractivity contribution in [3.8, 4) is 5.75 Å². The van der Waals surface area contributed by atoms with Crippen LogP contribution in [-0.2, 0) is 9.53 Å². The van der Waals surface area contributed by atoms with E-state index in [-0.39, 0.29) is 12.4 Å². The van der Waals surface area contributed by atoms with Gasteiger partial charge in [-0.25, -0.2) is 4.79 Å². The molecule has 0 atom stereocenters. The number of esters is 1. The summed E-state index contributed by atoms with van der Waals surface area (Å²) in [6.07, 6.45) is 3.60. The molecule has 7 nitrogen and oxygen atoms in total. The topological polar surface area (TPSA) is 72.0 Å². The van der Waals surface area contributed by atoms with Crippen molar-refractivity contribution in [1.82, 2.24) is 9.88 Å². The van der Waals surface area contributed by atoms with E-state index < -0.39 is 11.6 Å². The van der Waals surface area contributed by atoms with Gasteiger partial charge in [0.2, 0.25) is 0 Å². The second kappa shape index (κ2) is 9.71. The van der Waals surface area contributed by atoms with Crippen molar-refractivity contribution >= 4 is 17.4 Å². The molecule has 0 saturated carbocycles. The van der Waals surface area contributed by atoms with Gasteiger partial charge in [-0.3, -0.25) is 14.7 Å². The number of anilines is 1. The molecule has 3 rings (SSSR count). The highest BCUT2D eigenvalue weighted by molar-refractivity contribution is 5.97. The van der Waals surface area contributed by atoms with Crippen LogP contribution in [0.4, 0.5) is 5.69 Å². The Morgan fingerprint density at radius 1 is 0.967 bits per heavy atom. The van der Waals surface area contributed by atoms with E-state index >= 15 is 0 Å². The smallest absolute Gasteiger partial charge is 0.344 e. The third kappa shape index (κ3) is 6.56. The van der Waals surface area contributed by atoms with Crippen LogP contribution in [-0.4, -0.2) is 66.6 Å². The average molecular weight is 412 g/mol. The second-order valence-electron chi connectivity index (χ2n) is 8.29. The highest BCUT2D eigenvalue weighted by atomic mass is 16.6. The molecule has 160 valence electrons. The maximum Gasteiger partial charge on any atom is 0.344 e. The molecular formula is C23H29N3O4. The molecule has 0 radical (unpaired) electrons. The van der Waals surface area contributed by atoms with E-state index in [9.17, 15) is 9.59 Å². The van der Waals surface area contributed by atoms with Crippen molar-refractivity contribution in [2.24, 2.45) is 0 Å². The minimum atomic E-state index is -0.541. The highest BCUT2D eigenvalue weighted by Gasteiger charge is 2.20. The number of hydrogen-bond donors (Lipinski definition) is 0. The molecular weight excluding hydrogens is 382 g/mol. The molecule has 30 heavy (non-hydrogen) atoms. The van der Waals surface area contributed by atoms with Gasteiger partial charge >= 0.3 is 5.97 Å². The molecule has 7 heteroatoms. The van der Waals surface area contributed by atoms with Gasteiger partial charge in [0.15, 0.2) is 12.4 Å². The summed E-state index contributed by atoms with van der Waals surface area (Å²) in [6, 6.07) is 10.9. The summed E-state index contributed by atoms with van der Waals surface area (Å²) in [5.41, 5.74) is 1.26. The van der Waals surface area contributed by atoms with Gasteiger partial charge in [0.25, 0.3) is 0 Å². The number of Topliss-reactive ketones (excluding diaryl/α,β-unsaturated/α-hetero) is 1. The molecule has 0 bridgehead atoms. The van der Waals surface area contributed by atoms with Crippen molar-refractivity contribution in [2.75, 3.05) is 44.2 Å². The minimum absolute atomic E-state index is 0.0750. The van der Waals surface area contributed by atoms with Crippen LogP contribution in [0.1, 0.15) is 31.1 Å². The van der Waals surface area contributed by atoms with Crippen LogP contribution in [0.3, 0.4) is 0 Å². The van der Waals surface area contributed by atoms with E-state index in [2.05, 4.69) is 14.8 Å². The van der Waals surface area contributed by atoms with Crippen LogP contribution in [0.5, 0.6) is 5.75 Å². The number of piperazine rings is 1. The molecule has 2 aromatic rings. The molecule has 1 fully saturated rings. The lowest BCUT2D eigenvalue weighted by Crippen LogP contribution is -2.48. The van der Waals surface area contributed by atoms with E-state index in [0.29, 0.717) is 17.9 Å². The summed E-state index contributed by atoms with van der Waals surface area (Å²) in [6.45, 7) is 9.10. The maximum absolute atomic E-state index is 12.6. The highest BCUT2D eigenvalue weighted by Crippen LogP contribution is 2.17. The Morgan fingerprint density at radius 2 is 1.60 bits per heavy atom. The van der Waals surface area contributed by atoms with E-state index in [1.807, 2.05) is 32.9 Å². The third-order valence-corrected chi connectivity index (χ3v) is 4.72. The molecule has 0 N–H and O–H groups in total. The summed E-state index contributed by atoms with van der Waals surface area (Å²) in [4.78, 5) is 32.9. The Balaban J connectivity index is 1.44. The number of nitrogens with zero attached hydrogens (tertiary/aromatic N) is 3. The predicted molar refractivity (Wildman–Crippen MR) is 115 cm³/mol. The summed E-state index contributed by atoms with van der Waals surface area (Å²) in [7, 11) is 0. The van der Waals surface area contributed by atoms with Crippen molar-refractivity contribution in [1.29, 1.82) is 0 Å². The van der Waals surface area contributed by atoms with E-state index in [0.717, 1.165) is 31.9 Å². The Hall–Kier alpha value is -2.93. The zero-order valence-corrected chi connectivity index (χ0v) is 17.8. The van der Waals surface area contributed by atoms with Crippen LogP contribution >= 0.6 is 0 Å². The molecule has 0 spiro atoms. The molecule has 1 aliphatic rings. The number of ether oxygens (including phenoxy) is 2. The second-order valence-corrected chi connectivity index (χ2v) is 8.29. The van der Waals surface area contributed by atoms with E-state index in [4.69, 9.17) is 9.47 Å². The molecule has 0 amide bonds. The SMILES string of the molecule is CC(C)(C)OC(=O)COc1ccc(C(=O)CN2CCN(c3ccncc3)CC2)cc1. The zero-order valence-electron chi connectivity index (χ0n) is 17.8. The first-order valence-electron chi connectivity index (χ1n) is 10.2. The third-order valence-electron chi connectivity index (χ3n) is 4.72. The van der Waals surface area contributed by atoms with Crippen molar-refractivity contribution in [2.45, 2.75) is 26.4 Å². The lowest BCUT2D eigenvalue weighted by atomic mass is 10.1. The number of benzene rings is 1. The van der Waals surface area contributed by atoms with Gasteiger partial charge in [-0.1, -0.05) is 0 Å². The van der Waals surface area contributed by atoms with Crippen LogP contribution in [0.15, 0.2) is 48.8 Å². The average Bonchev–Trinajstić information content (AvgIpc) is 2.72. The van der Waals surface area contributed by atoms with E-state index in [1.165, 1.54) is 0 Å². The van der Waals surface area contributed by atoms with Crippen LogP contribution in [0, 0.1) is 0 Å². The maximum atomic E-state index is 12.6. The van der Waals surface area contributed by atoms with Crippen molar-refractivity contribution in [3.63, 3.8) is 0 Å². The summed E-state index contributed by atoms with van der Waals surface area (Å²) < 4.78 is 10.7. The van der Waals surface area contributed by atoms with Gasteiger partial charge in [0.05, 0.1) is 6.54 Å². The predicted octanol–water partition coefficient (Wildman–Crippen LogP) is 2.81. The first-order chi connectivity index (χ1) is 14.3.